The predicted molar refractivity (Wildman–Crippen MR) is 131 cm³/mol. The van der Waals surface area contributed by atoms with E-state index in [9.17, 15) is 30.1 Å². The third-order valence-corrected chi connectivity index (χ3v) is 7.24. The van der Waals surface area contributed by atoms with E-state index in [1.165, 1.54) is 7.11 Å². The number of nitriles is 1. The fraction of sp³-hybridized carbons (Fsp3) is 0.458. The minimum Gasteiger partial charge on any atom is -0.468 e. The molecule has 1 fully saturated rings. The van der Waals surface area contributed by atoms with Crippen LogP contribution in [0, 0.1) is 21.4 Å². The number of carboxylic acid groups (broad SMARTS) is 1. The summed E-state index contributed by atoms with van der Waals surface area (Å²) in [5.41, 5.74) is 0.0817. The van der Waals surface area contributed by atoms with Gasteiger partial charge in [0.1, 0.15) is 5.69 Å². The Labute approximate surface area is 217 Å². The maximum atomic E-state index is 13.3. The highest BCUT2D eigenvalue weighted by atomic mass is 35.5. The molecule has 0 bridgehead atoms. The quantitative estimate of drug-likeness (QED) is 0.255. The van der Waals surface area contributed by atoms with E-state index in [0.717, 1.165) is 22.4 Å². The van der Waals surface area contributed by atoms with Crippen molar-refractivity contribution in [3.8, 4) is 6.07 Å². The summed E-state index contributed by atoms with van der Waals surface area (Å²) >= 11 is 6.25. The molecule has 0 radical (unpaired) electrons. The van der Waals surface area contributed by atoms with E-state index < -0.39 is 34.1 Å². The van der Waals surface area contributed by atoms with Crippen molar-refractivity contribution >= 4 is 35.2 Å². The van der Waals surface area contributed by atoms with Crippen LogP contribution in [0.2, 0.25) is 5.28 Å². The van der Waals surface area contributed by atoms with Crippen molar-refractivity contribution in [2.75, 3.05) is 31.6 Å². The summed E-state index contributed by atoms with van der Waals surface area (Å²) in [6.07, 6.45) is 0.460. The third-order valence-electron chi connectivity index (χ3n) is 7.08. The largest absolute Gasteiger partial charge is 0.468 e. The van der Waals surface area contributed by atoms with Gasteiger partial charge in [0, 0.05) is 26.1 Å². The molecule has 2 aliphatic rings. The van der Waals surface area contributed by atoms with Crippen LogP contribution in [-0.4, -0.2) is 69.7 Å². The number of ether oxygens (including phenoxy) is 1. The molecular weight excluding hydrogens is 504 g/mol. The number of aryl methyl sites for hydroxylation is 1. The Bertz CT molecular complexity index is 1280. The van der Waals surface area contributed by atoms with Gasteiger partial charge in [-0.1, -0.05) is 24.3 Å². The maximum absolute atomic E-state index is 13.3. The first-order valence-corrected chi connectivity index (χ1v) is 12.1. The van der Waals surface area contributed by atoms with E-state index in [-0.39, 0.29) is 49.3 Å². The van der Waals surface area contributed by atoms with Gasteiger partial charge in [0.2, 0.25) is 11.1 Å². The Hall–Kier alpha value is -3.98. The molecule has 1 aliphatic heterocycles. The summed E-state index contributed by atoms with van der Waals surface area (Å²) in [6, 6.07) is 8.71. The van der Waals surface area contributed by atoms with Crippen LogP contribution in [0.1, 0.15) is 36.1 Å². The number of methoxy groups -OCH3 is 1. The zero-order chi connectivity index (χ0) is 26.7. The van der Waals surface area contributed by atoms with Crippen LogP contribution in [0.25, 0.3) is 0 Å². The number of benzene rings is 1. The zero-order valence-electron chi connectivity index (χ0n) is 20.1. The number of nitrogens with zero attached hydrogens (tertiary/aromatic N) is 6. The topological polar surface area (TPSA) is 163 Å². The summed E-state index contributed by atoms with van der Waals surface area (Å²) in [5.74, 6) is -0.591. The van der Waals surface area contributed by atoms with Gasteiger partial charge in [-0.2, -0.15) is 10.2 Å². The van der Waals surface area contributed by atoms with Gasteiger partial charge in [0.05, 0.1) is 36.0 Å². The second kappa shape index (κ2) is 10.6. The molecule has 1 saturated heterocycles. The normalized spacial score (nSPS) is 21.1. The van der Waals surface area contributed by atoms with E-state index >= 15 is 0 Å². The number of rotatable bonds is 6. The molecule has 0 saturated carbocycles. The van der Waals surface area contributed by atoms with Crippen LogP contribution in [0.5, 0.6) is 0 Å². The van der Waals surface area contributed by atoms with Crippen LogP contribution < -0.4 is 4.90 Å². The second-order valence-corrected chi connectivity index (χ2v) is 9.41. The second-order valence-electron chi connectivity index (χ2n) is 9.07. The number of esters is 1. The molecule has 12 nitrogen and oxygen atoms in total. The van der Waals surface area contributed by atoms with E-state index in [2.05, 4.69) is 9.97 Å². The molecule has 1 aliphatic carbocycles. The Morgan fingerprint density at radius 3 is 2.78 bits per heavy atom. The first kappa shape index (κ1) is 26.1. The maximum Gasteiger partial charge on any atom is 0.407 e. The summed E-state index contributed by atoms with van der Waals surface area (Å²) in [5, 5.41) is 30.8. The highest BCUT2D eigenvalue weighted by Crippen LogP contribution is 2.43. The molecule has 1 aromatic heterocycles. The highest BCUT2D eigenvalue weighted by molar-refractivity contribution is 6.28. The van der Waals surface area contributed by atoms with Crippen LogP contribution >= 0.6 is 11.6 Å². The molecule has 2 heterocycles. The lowest BCUT2D eigenvalue weighted by molar-refractivity contribution is -0.385. The molecule has 4 rings (SSSR count). The van der Waals surface area contributed by atoms with Crippen LogP contribution in [0.3, 0.4) is 0 Å². The number of piperazine rings is 1. The standard InChI is InChI=1S/C24H25ClN6O6/c1-37-21(32)24(9-4-6-15-5-2-3-7-17(15)24)13-18-19(31(35)36)20(28-22(25)27-18)29-11-12-30(23(33)34)16(14-29)8-10-26/h2-3,5,7,16H,4,6,8-9,11-14H2,1H3,(H,33,34)/t16-,24+/m0/s1. The number of anilines is 1. The van der Waals surface area contributed by atoms with Crippen LogP contribution in [-0.2, 0) is 27.8 Å². The first-order valence-electron chi connectivity index (χ1n) is 11.7. The number of nitro groups is 1. The Morgan fingerprint density at radius 2 is 2.11 bits per heavy atom. The minimum atomic E-state index is -1.20. The van der Waals surface area contributed by atoms with Crippen molar-refractivity contribution in [2.24, 2.45) is 0 Å². The van der Waals surface area contributed by atoms with Crippen molar-refractivity contribution in [1.29, 1.82) is 5.26 Å². The van der Waals surface area contributed by atoms with E-state index in [1.54, 1.807) is 4.90 Å². The third kappa shape index (κ3) is 4.86. The molecule has 2 atom stereocenters. The van der Waals surface area contributed by atoms with Crippen molar-refractivity contribution in [3.05, 3.63) is 56.5 Å². The van der Waals surface area contributed by atoms with Gasteiger partial charge < -0.3 is 19.6 Å². The van der Waals surface area contributed by atoms with Crippen molar-refractivity contribution in [1.82, 2.24) is 14.9 Å². The predicted octanol–water partition coefficient (Wildman–Crippen LogP) is 3.11. The fourth-order valence-corrected chi connectivity index (χ4v) is 5.62. The summed E-state index contributed by atoms with van der Waals surface area (Å²) in [7, 11) is 1.28. The van der Waals surface area contributed by atoms with Crippen LogP contribution in [0.15, 0.2) is 24.3 Å². The molecule has 13 heteroatoms. The zero-order valence-corrected chi connectivity index (χ0v) is 20.8. The van der Waals surface area contributed by atoms with Gasteiger partial charge in [0.15, 0.2) is 0 Å². The van der Waals surface area contributed by atoms with Crippen LogP contribution in [0.4, 0.5) is 16.3 Å². The Morgan fingerprint density at radius 1 is 1.35 bits per heavy atom. The summed E-state index contributed by atoms with van der Waals surface area (Å²) in [4.78, 5) is 47.7. The van der Waals surface area contributed by atoms with Crippen molar-refractivity contribution in [2.45, 2.75) is 43.6 Å². The molecule has 37 heavy (non-hydrogen) atoms. The number of fused-ring (bicyclic) bond motifs is 1. The van der Waals surface area contributed by atoms with Crippen molar-refractivity contribution < 1.29 is 24.4 Å². The fourth-order valence-electron chi connectivity index (χ4n) is 5.44. The number of aromatic nitrogens is 2. The van der Waals surface area contributed by atoms with Gasteiger partial charge in [-0.25, -0.2) is 9.78 Å². The molecule has 1 amide bonds. The lowest BCUT2D eigenvalue weighted by atomic mass is 9.67. The number of amides is 1. The monoisotopic (exact) mass is 528 g/mol. The molecule has 0 unspecified atom stereocenters. The molecular formula is C24H25ClN6O6. The van der Waals surface area contributed by atoms with Gasteiger partial charge in [0.25, 0.3) is 0 Å². The molecule has 1 N–H and O–H groups in total. The number of carbonyl (C=O) groups is 2. The van der Waals surface area contributed by atoms with Gasteiger partial charge in [-0.05, 0) is 42.0 Å². The average molecular weight is 529 g/mol. The van der Waals surface area contributed by atoms with E-state index in [0.29, 0.717) is 12.8 Å². The Balaban J connectivity index is 1.81. The van der Waals surface area contributed by atoms with E-state index in [1.807, 2.05) is 30.3 Å². The molecule has 2 aromatic rings. The smallest absolute Gasteiger partial charge is 0.407 e. The molecule has 194 valence electrons. The highest BCUT2D eigenvalue weighted by Gasteiger charge is 2.47. The van der Waals surface area contributed by atoms with Gasteiger partial charge in [-0.15, -0.1) is 0 Å². The number of hydrogen-bond donors (Lipinski definition) is 1. The number of carbonyl (C=O) groups excluding carboxylic acids is 1. The average Bonchev–Trinajstić information content (AvgIpc) is 2.87. The van der Waals surface area contributed by atoms with Crippen molar-refractivity contribution in [3.63, 3.8) is 0 Å². The lowest BCUT2D eigenvalue weighted by Gasteiger charge is -2.39. The lowest BCUT2D eigenvalue weighted by Crippen LogP contribution is -2.55. The Kier molecular flexibility index (Phi) is 7.45. The summed E-state index contributed by atoms with van der Waals surface area (Å²) in [6.45, 7) is 0.139. The minimum absolute atomic E-state index is 0.0124. The SMILES string of the molecule is COC(=O)[C@@]1(Cc2nc(Cl)nc(N3CCN(C(=O)O)[C@@H](CC#N)C3)c2[N+](=O)[O-])CCCc2ccccc21. The van der Waals surface area contributed by atoms with Gasteiger partial charge >= 0.3 is 17.7 Å². The number of hydrogen-bond acceptors (Lipinski definition) is 9. The molecule has 0 spiro atoms. The van der Waals surface area contributed by atoms with Gasteiger partial charge in [-0.3, -0.25) is 14.9 Å². The first-order chi connectivity index (χ1) is 17.7. The summed E-state index contributed by atoms with van der Waals surface area (Å²) < 4.78 is 5.19. The number of halogens is 1. The molecule has 1 aromatic carbocycles. The van der Waals surface area contributed by atoms with E-state index in [4.69, 9.17) is 16.3 Å².